The Morgan fingerprint density at radius 2 is 2.00 bits per heavy atom. The Bertz CT molecular complexity index is 303. The lowest BCUT2D eigenvalue weighted by Gasteiger charge is -2.36. The fourth-order valence-electron chi connectivity index (χ4n) is 3.19. The van der Waals surface area contributed by atoms with Crippen molar-refractivity contribution in [3.8, 4) is 0 Å². The van der Waals surface area contributed by atoms with E-state index in [2.05, 4.69) is 22.5 Å². The second-order valence-electron chi connectivity index (χ2n) is 6.01. The van der Waals surface area contributed by atoms with Gasteiger partial charge in [0.1, 0.15) is 0 Å². The van der Waals surface area contributed by atoms with Crippen LogP contribution in [0.2, 0.25) is 0 Å². The van der Waals surface area contributed by atoms with Crippen LogP contribution in [0.15, 0.2) is 0 Å². The van der Waals surface area contributed by atoms with Gasteiger partial charge < -0.3 is 15.4 Å². The maximum Gasteiger partial charge on any atom is 0.233 e. The van der Waals surface area contributed by atoms with Crippen molar-refractivity contribution < 1.29 is 9.53 Å². The second-order valence-corrected chi connectivity index (χ2v) is 6.01. The molecule has 20 heavy (non-hydrogen) atoms. The third kappa shape index (κ3) is 4.72. The number of ether oxygens (including phenoxy) is 1. The molecular weight excluding hydrogens is 254 g/mol. The molecule has 2 saturated heterocycles. The van der Waals surface area contributed by atoms with Crippen LogP contribution in [0.1, 0.15) is 39.0 Å². The second kappa shape index (κ2) is 7.96. The predicted octanol–water partition coefficient (Wildman–Crippen LogP) is 0.744. The maximum atomic E-state index is 11.4. The van der Waals surface area contributed by atoms with Crippen molar-refractivity contribution in [2.45, 2.75) is 57.2 Å². The Hall–Kier alpha value is -0.650. The number of rotatable bonds is 5. The first-order chi connectivity index (χ1) is 9.71. The quantitative estimate of drug-likeness (QED) is 0.781. The standard InChI is InChI=1S/C15H29N3O2/c1-3-14-10-13(6-9-20-14)17-12-4-7-18(8-5-12)11-15(19)16-2/h12-14,17H,3-11H2,1-2H3,(H,16,19). The highest BCUT2D eigenvalue weighted by molar-refractivity contribution is 5.77. The molecule has 1 amide bonds. The highest BCUT2D eigenvalue weighted by Gasteiger charge is 2.26. The van der Waals surface area contributed by atoms with Crippen molar-refractivity contribution in [1.82, 2.24) is 15.5 Å². The highest BCUT2D eigenvalue weighted by Crippen LogP contribution is 2.19. The summed E-state index contributed by atoms with van der Waals surface area (Å²) >= 11 is 0. The summed E-state index contributed by atoms with van der Waals surface area (Å²) in [4.78, 5) is 13.6. The molecule has 2 unspecified atom stereocenters. The van der Waals surface area contributed by atoms with Gasteiger partial charge in [0.2, 0.25) is 5.91 Å². The number of piperidine rings is 1. The van der Waals surface area contributed by atoms with Gasteiger partial charge in [0.05, 0.1) is 12.6 Å². The van der Waals surface area contributed by atoms with Crippen molar-refractivity contribution in [2.75, 3.05) is 33.3 Å². The number of nitrogens with zero attached hydrogens (tertiary/aromatic N) is 1. The molecule has 5 nitrogen and oxygen atoms in total. The van der Waals surface area contributed by atoms with Gasteiger partial charge in [-0.1, -0.05) is 6.92 Å². The Kier molecular flexibility index (Phi) is 6.26. The lowest BCUT2D eigenvalue weighted by Crippen LogP contribution is -2.50. The first-order valence-corrected chi connectivity index (χ1v) is 8.01. The molecular formula is C15H29N3O2. The monoisotopic (exact) mass is 283 g/mol. The average molecular weight is 283 g/mol. The maximum absolute atomic E-state index is 11.4. The summed E-state index contributed by atoms with van der Waals surface area (Å²) in [7, 11) is 1.70. The topological polar surface area (TPSA) is 53.6 Å². The molecule has 2 fully saturated rings. The van der Waals surface area contributed by atoms with Crippen LogP contribution < -0.4 is 10.6 Å². The van der Waals surface area contributed by atoms with E-state index in [0.29, 0.717) is 24.7 Å². The largest absolute Gasteiger partial charge is 0.378 e. The highest BCUT2D eigenvalue weighted by atomic mass is 16.5. The van der Waals surface area contributed by atoms with Gasteiger partial charge in [0, 0.05) is 38.8 Å². The normalized spacial score (nSPS) is 29.3. The van der Waals surface area contributed by atoms with Crippen LogP contribution in [-0.2, 0) is 9.53 Å². The van der Waals surface area contributed by atoms with E-state index >= 15 is 0 Å². The van der Waals surface area contributed by atoms with Gasteiger partial charge in [-0.3, -0.25) is 9.69 Å². The van der Waals surface area contributed by atoms with E-state index in [9.17, 15) is 4.79 Å². The molecule has 0 radical (unpaired) electrons. The third-order valence-electron chi connectivity index (χ3n) is 4.53. The van der Waals surface area contributed by atoms with Crippen molar-refractivity contribution in [2.24, 2.45) is 0 Å². The molecule has 0 spiro atoms. The minimum atomic E-state index is 0.117. The fourth-order valence-corrected chi connectivity index (χ4v) is 3.19. The molecule has 0 aromatic carbocycles. The summed E-state index contributed by atoms with van der Waals surface area (Å²) in [6.07, 6.45) is 6.12. The molecule has 116 valence electrons. The van der Waals surface area contributed by atoms with Gasteiger partial charge in [-0.25, -0.2) is 0 Å². The van der Waals surface area contributed by atoms with Crippen molar-refractivity contribution in [1.29, 1.82) is 0 Å². The summed E-state index contributed by atoms with van der Waals surface area (Å²) in [6, 6.07) is 1.22. The lowest BCUT2D eigenvalue weighted by molar-refractivity contribution is -0.122. The van der Waals surface area contributed by atoms with E-state index in [1.165, 1.54) is 0 Å². The van der Waals surface area contributed by atoms with Crippen LogP contribution in [0.4, 0.5) is 0 Å². The SMILES string of the molecule is CCC1CC(NC2CCN(CC(=O)NC)CC2)CCO1. The summed E-state index contributed by atoms with van der Waals surface area (Å²) < 4.78 is 5.73. The van der Waals surface area contributed by atoms with Crippen LogP contribution in [0, 0.1) is 0 Å². The van der Waals surface area contributed by atoms with E-state index < -0.39 is 0 Å². The number of likely N-dealkylation sites (tertiary alicyclic amines) is 1. The molecule has 5 heteroatoms. The van der Waals surface area contributed by atoms with E-state index in [4.69, 9.17) is 4.74 Å². The van der Waals surface area contributed by atoms with E-state index in [1.807, 2.05) is 0 Å². The smallest absolute Gasteiger partial charge is 0.233 e. The van der Waals surface area contributed by atoms with Crippen LogP contribution in [0.25, 0.3) is 0 Å². The van der Waals surface area contributed by atoms with Crippen molar-refractivity contribution >= 4 is 5.91 Å². The van der Waals surface area contributed by atoms with Crippen LogP contribution in [0.3, 0.4) is 0 Å². The molecule has 2 atom stereocenters. The Morgan fingerprint density at radius 1 is 1.25 bits per heavy atom. The third-order valence-corrected chi connectivity index (χ3v) is 4.53. The van der Waals surface area contributed by atoms with E-state index in [1.54, 1.807) is 7.05 Å². The summed E-state index contributed by atoms with van der Waals surface area (Å²) in [5.41, 5.74) is 0. The van der Waals surface area contributed by atoms with Gasteiger partial charge in [-0.05, 0) is 32.1 Å². The summed E-state index contributed by atoms with van der Waals surface area (Å²) in [5.74, 6) is 0.117. The number of hydrogen-bond acceptors (Lipinski definition) is 4. The van der Waals surface area contributed by atoms with Crippen molar-refractivity contribution in [3.05, 3.63) is 0 Å². The molecule has 2 aliphatic heterocycles. The van der Waals surface area contributed by atoms with Crippen LogP contribution in [-0.4, -0.2) is 62.3 Å². The minimum absolute atomic E-state index is 0.117. The number of amides is 1. The van der Waals surface area contributed by atoms with E-state index in [-0.39, 0.29) is 5.91 Å². The molecule has 0 aliphatic carbocycles. The van der Waals surface area contributed by atoms with Gasteiger partial charge >= 0.3 is 0 Å². The molecule has 2 rings (SSSR count). The number of hydrogen-bond donors (Lipinski definition) is 2. The average Bonchev–Trinajstić information content (AvgIpc) is 2.49. The van der Waals surface area contributed by atoms with Crippen LogP contribution >= 0.6 is 0 Å². The van der Waals surface area contributed by atoms with E-state index in [0.717, 1.165) is 51.8 Å². The van der Waals surface area contributed by atoms with Gasteiger partial charge in [0.25, 0.3) is 0 Å². The molecule has 2 N–H and O–H groups in total. The zero-order valence-corrected chi connectivity index (χ0v) is 12.9. The number of carbonyl (C=O) groups is 1. The first-order valence-electron chi connectivity index (χ1n) is 8.01. The molecule has 2 heterocycles. The Balaban J connectivity index is 1.67. The van der Waals surface area contributed by atoms with Gasteiger partial charge in [0.15, 0.2) is 0 Å². The van der Waals surface area contributed by atoms with Crippen molar-refractivity contribution in [3.63, 3.8) is 0 Å². The summed E-state index contributed by atoms with van der Waals surface area (Å²) in [5, 5.41) is 6.49. The number of carbonyl (C=O) groups excluding carboxylic acids is 1. The zero-order valence-electron chi connectivity index (χ0n) is 12.9. The fraction of sp³-hybridized carbons (Fsp3) is 0.933. The summed E-state index contributed by atoms with van der Waals surface area (Å²) in [6.45, 7) is 5.67. The lowest BCUT2D eigenvalue weighted by atomic mass is 9.98. The van der Waals surface area contributed by atoms with Gasteiger partial charge in [-0.2, -0.15) is 0 Å². The number of nitrogens with one attached hydrogen (secondary N) is 2. The predicted molar refractivity (Wildman–Crippen MR) is 79.7 cm³/mol. The Labute approximate surface area is 122 Å². The molecule has 2 aliphatic rings. The zero-order chi connectivity index (χ0) is 14.4. The molecule has 0 bridgehead atoms. The van der Waals surface area contributed by atoms with Crippen LogP contribution in [0.5, 0.6) is 0 Å². The number of likely N-dealkylation sites (N-methyl/N-ethyl adjacent to an activating group) is 1. The molecule has 0 saturated carbocycles. The molecule has 0 aromatic heterocycles. The van der Waals surface area contributed by atoms with Gasteiger partial charge in [-0.15, -0.1) is 0 Å². The minimum Gasteiger partial charge on any atom is -0.378 e. The first kappa shape index (κ1) is 15.7. The Morgan fingerprint density at radius 3 is 2.65 bits per heavy atom. The molecule has 0 aromatic rings.